The van der Waals surface area contributed by atoms with Crippen LogP contribution in [-0.2, 0) is 6.42 Å². The maximum atomic E-state index is 11.3. The van der Waals surface area contributed by atoms with Crippen LogP contribution in [0.4, 0.5) is 0 Å². The first-order valence-corrected chi connectivity index (χ1v) is 6.96. The van der Waals surface area contributed by atoms with E-state index in [2.05, 4.69) is 39.7 Å². The quantitative estimate of drug-likeness (QED) is 0.932. The average Bonchev–Trinajstić information content (AvgIpc) is 2.34. The second kappa shape index (κ2) is 5.65. The van der Waals surface area contributed by atoms with Gasteiger partial charge in [0.05, 0.1) is 5.52 Å². The van der Waals surface area contributed by atoms with Gasteiger partial charge < -0.3 is 5.11 Å². The maximum absolute atomic E-state index is 11.3. The number of hydrogen-bond donors (Lipinski definition) is 1. The molecule has 1 N–H and O–H groups in total. The van der Waals surface area contributed by atoms with Crippen molar-refractivity contribution >= 4 is 32.8 Å². The predicted molar refractivity (Wildman–Crippen MR) is 77.4 cm³/mol. The van der Waals surface area contributed by atoms with Gasteiger partial charge in [-0.1, -0.05) is 29.8 Å². The van der Waals surface area contributed by atoms with Crippen molar-refractivity contribution in [2.45, 2.75) is 26.7 Å². The first kappa shape index (κ1) is 13.9. The molecule has 4 nitrogen and oxygen atoms in total. The monoisotopic (exact) mass is 322 g/mol. The summed E-state index contributed by atoms with van der Waals surface area (Å²) in [5, 5.41) is 9.83. The first-order chi connectivity index (χ1) is 8.97. The molecule has 2 aromatic rings. The van der Waals surface area contributed by atoms with Crippen LogP contribution in [-0.4, -0.2) is 21.0 Å². The van der Waals surface area contributed by atoms with Gasteiger partial charge in [-0.25, -0.2) is 14.8 Å². The number of nitrogens with zero attached hydrogens (tertiary/aromatic N) is 2. The lowest BCUT2D eigenvalue weighted by Gasteiger charge is -2.07. The summed E-state index contributed by atoms with van der Waals surface area (Å²) in [6.45, 7) is 4.24. The molecule has 0 fully saturated rings. The number of aromatic carboxylic acids is 1. The summed E-state index contributed by atoms with van der Waals surface area (Å²) in [5.41, 5.74) is 0.747. The Morgan fingerprint density at radius 3 is 2.74 bits per heavy atom. The number of carbonyl (C=O) groups is 1. The van der Waals surface area contributed by atoms with Crippen molar-refractivity contribution in [1.29, 1.82) is 0 Å². The highest BCUT2D eigenvalue weighted by molar-refractivity contribution is 9.10. The third kappa shape index (κ3) is 3.29. The van der Waals surface area contributed by atoms with Crippen LogP contribution in [0.5, 0.6) is 0 Å². The molecule has 19 heavy (non-hydrogen) atoms. The number of halogens is 1. The summed E-state index contributed by atoms with van der Waals surface area (Å²) in [6.07, 6.45) is 1.64. The number of rotatable bonds is 4. The number of aromatic nitrogens is 2. The summed E-state index contributed by atoms with van der Waals surface area (Å²) >= 11 is 3.37. The van der Waals surface area contributed by atoms with E-state index in [0.717, 1.165) is 10.9 Å². The maximum Gasteiger partial charge on any atom is 0.355 e. The Balaban J connectivity index is 2.52. The molecular weight excluding hydrogens is 308 g/mol. The van der Waals surface area contributed by atoms with Crippen LogP contribution in [0, 0.1) is 5.92 Å². The second-order valence-electron chi connectivity index (χ2n) is 4.89. The van der Waals surface area contributed by atoms with E-state index in [-0.39, 0.29) is 5.69 Å². The Morgan fingerprint density at radius 1 is 1.37 bits per heavy atom. The highest BCUT2D eigenvalue weighted by atomic mass is 79.9. The molecule has 0 aliphatic heterocycles. The molecular formula is C14H15BrN2O2. The lowest BCUT2D eigenvalue weighted by molar-refractivity contribution is 0.0692. The molecule has 1 heterocycles. The lowest BCUT2D eigenvalue weighted by atomic mass is 10.1. The first-order valence-electron chi connectivity index (χ1n) is 6.17. The van der Waals surface area contributed by atoms with Gasteiger partial charge in [0.25, 0.3) is 0 Å². The standard InChI is InChI=1S/C14H15BrN2O2/c1-8(2)3-6-12-16-11-7-9(15)4-5-10(11)13(17-12)14(18)19/h4-5,7-8H,3,6H2,1-2H3,(H,18,19). The van der Waals surface area contributed by atoms with Crippen LogP contribution in [0.15, 0.2) is 22.7 Å². The number of fused-ring (bicyclic) bond motifs is 1. The van der Waals surface area contributed by atoms with Gasteiger partial charge in [0.1, 0.15) is 5.82 Å². The zero-order chi connectivity index (χ0) is 14.0. The Bertz CT molecular complexity index is 626. The highest BCUT2D eigenvalue weighted by Gasteiger charge is 2.14. The van der Waals surface area contributed by atoms with Gasteiger partial charge in [-0.05, 0) is 30.5 Å². The topological polar surface area (TPSA) is 63.1 Å². The molecule has 0 bridgehead atoms. The van der Waals surface area contributed by atoms with Gasteiger partial charge in [0, 0.05) is 16.3 Å². The number of carboxylic acids is 1. The fraction of sp³-hybridized carbons (Fsp3) is 0.357. The van der Waals surface area contributed by atoms with Crippen molar-refractivity contribution < 1.29 is 9.90 Å². The Kier molecular flexibility index (Phi) is 4.14. The molecule has 2 rings (SSSR count). The molecule has 0 saturated carbocycles. The van der Waals surface area contributed by atoms with Gasteiger partial charge in [0.2, 0.25) is 0 Å². The normalized spacial score (nSPS) is 11.2. The smallest absolute Gasteiger partial charge is 0.355 e. The van der Waals surface area contributed by atoms with Crippen LogP contribution in [0.1, 0.15) is 36.6 Å². The number of carboxylic acid groups (broad SMARTS) is 1. The van der Waals surface area contributed by atoms with Gasteiger partial charge in [0.15, 0.2) is 5.69 Å². The van der Waals surface area contributed by atoms with E-state index < -0.39 is 5.97 Å². The van der Waals surface area contributed by atoms with Crippen LogP contribution in [0.25, 0.3) is 10.9 Å². The van der Waals surface area contributed by atoms with Crippen molar-refractivity contribution in [1.82, 2.24) is 9.97 Å². The number of hydrogen-bond acceptors (Lipinski definition) is 3. The van der Waals surface area contributed by atoms with Gasteiger partial charge in [-0.3, -0.25) is 0 Å². The van der Waals surface area contributed by atoms with E-state index in [4.69, 9.17) is 0 Å². The molecule has 0 saturated heterocycles. The third-order valence-corrected chi connectivity index (χ3v) is 3.35. The van der Waals surface area contributed by atoms with Gasteiger partial charge in [-0.15, -0.1) is 0 Å². The summed E-state index contributed by atoms with van der Waals surface area (Å²) in [4.78, 5) is 19.9. The summed E-state index contributed by atoms with van der Waals surface area (Å²) in [7, 11) is 0. The molecule has 1 aromatic heterocycles. The minimum atomic E-state index is -1.01. The fourth-order valence-electron chi connectivity index (χ4n) is 1.84. The second-order valence-corrected chi connectivity index (χ2v) is 5.80. The summed E-state index contributed by atoms with van der Waals surface area (Å²) in [6, 6.07) is 5.35. The Labute approximate surface area is 120 Å². The van der Waals surface area contributed by atoms with Crippen LogP contribution in [0.2, 0.25) is 0 Å². The predicted octanol–water partition coefficient (Wildman–Crippen LogP) is 3.68. The van der Waals surface area contributed by atoms with E-state index >= 15 is 0 Å². The lowest BCUT2D eigenvalue weighted by Crippen LogP contribution is -2.07. The molecule has 5 heteroatoms. The largest absolute Gasteiger partial charge is 0.476 e. The summed E-state index contributed by atoms with van der Waals surface area (Å²) in [5.74, 6) is 0.118. The van der Waals surface area contributed by atoms with Crippen molar-refractivity contribution in [2.24, 2.45) is 5.92 Å². The van der Waals surface area contributed by atoms with Crippen LogP contribution in [0.3, 0.4) is 0 Å². The molecule has 0 amide bonds. The molecule has 0 unspecified atom stereocenters. The van der Waals surface area contributed by atoms with Crippen LogP contribution < -0.4 is 0 Å². The summed E-state index contributed by atoms with van der Waals surface area (Å²) < 4.78 is 0.879. The van der Waals surface area contributed by atoms with E-state index in [1.807, 2.05) is 6.07 Å². The zero-order valence-electron chi connectivity index (χ0n) is 10.9. The Hall–Kier alpha value is -1.49. The van der Waals surface area contributed by atoms with Crippen molar-refractivity contribution in [3.63, 3.8) is 0 Å². The number of benzene rings is 1. The Morgan fingerprint density at radius 2 is 2.11 bits per heavy atom. The van der Waals surface area contributed by atoms with Crippen LogP contribution >= 0.6 is 15.9 Å². The van der Waals surface area contributed by atoms with Gasteiger partial charge >= 0.3 is 5.97 Å². The molecule has 0 aliphatic carbocycles. The van der Waals surface area contributed by atoms with Crippen molar-refractivity contribution in [3.05, 3.63) is 34.2 Å². The zero-order valence-corrected chi connectivity index (χ0v) is 12.4. The fourth-order valence-corrected chi connectivity index (χ4v) is 2.19. The van der Waals surface area contributed by atoms with E-state index in [1.165, 1.54) is 0 Å². The van der Waals surface area contributed by atoms with Crippen molar-refractivity contribution in [2.75, 3.05) is 0 Å². The molecule has 1 aromatic carbocycles. The SMILES string of the molecule is CC(C)CCc1nc(C(=O)O)c2ccc(Br)cc2n1. The number of aryl methyl sites for hydroxylation is 1. The molecule has 100 valence electrons. The van der Waals surface area contributed by atoms with Gasteiger partial charge in [-0.2, -0.15) is 0 Å². The van der Waals surface area contributed by atoms with E-state index in [9.17, 15) is 9.90 Å². The van der Waals surface area contributed by atoms with E-state index in [1.54, 1.807) is 12.1 Å². The van der Waals surface area contributed by atoms with Crippen molar-refractivity contribution in [3.8, 4) is 0 Å². The molecule has 0 atom stereocenters. The molecule has 0 spiro atoms. The van der Waals surface area contributed by atoms with E-state index in [0.29, 0.717) is 29.1 Å². The third-order valence-electron chi connectivity index (χ3n) is 2.85. The highest BCUT2D eigenvalue weighted by Crippen LogP contribution is 2.21. The molecule has 0 aliphatic rings. The minimum Gasteiger partial charge on any atom is -0.476 e. The molecule has 0 radical (unpaired) electrons. The average molecular weight is 323 g/mol. The minimum absolute atomic E-state index is 0.0799.